The molecule has 0 bridgehead atoms. The highest BCUT2D eigenvalue weighted by Crippen LogP contribution is 2.42. The zero-order valence-corrected chi connectivity index (χ0v) is 19.7. The molecule has 0 radical (unpaired) electrons. The summed E-state index contributed by atoms with van der Waals surface area (Å²) in [5.74, 6) is -0.100. The number of nitrogens with zero attached hydrogens (tertiary/aromatic N) is 5. The Balaban J connectivity index is 1.49. The molecule has 0 spiro atoms. The van der Waals surface area contributed by atoms with Crippen molar-refractivity contribution in [1.82, 2.24) is 30.6 Å². The lowest BCUT2D eigenvalue weighted by molar-refractivity contribution is -0.146. The van der Waals surface area contributed by atoms with Crippen molar-refractivity contribution in [2.24, 2.45) is 5.16 Å². The maximum atomic E-state index is 12.9. The van der Waals surface area contributed by atoms with Gasteiger partial charge in [0.05, 0.1) is 6.20 Å². The van der Waals surface area contributed by atoms with Crippen molar-refractivity contribution in [2.45, 2.75) is 16.4 Å². The van der Waals surface area contributed by atoms with Gasteiger partial charge in [-0.25, -0.2) is 4.98 Å². The molecule has 0 aromatic carbocycles. The Kier molecular flexibility index (Phi) is 6.73. The summed E-state index contributed by atoms with van der Waals surface area (Å²) < 4.78 is 0. The number of nitrogen functional groups attached to an aromatic ring is 1. The smallest absolute Gasteiger partial charge is 0.276 e. The first-order valence-corrected chi connectivity index (χ1v) is 12.3. The van der Waals surface area contributed by atoms with Crippen LogP contribution in [0.1, 0.15) is 5.69 Å². The van der Waals surface area contributed by atoms with Gasteiger partial charge in [-0.15, -0.1) is 28.2 Å². The van der Waals surface area contributed by atoms with Crippen LogP contribution in [-0.2, 0) is 19.2 Å². The Bertz CT molecular complexity index is 1120. The predicted octanol–water partition coefficient (Wildman–Crippen LogP) is 0.0966. The number of fused-ring (bicyclic) bond motifs is 1. The highest BCUT2D eigenvalue weighted by Gasteiger charge is 2.53. The molecule has 16 heteroatoms. The number of hydrogen-bond acceptors (Lipinski definition) is 12. The van der Waals surface area contributed by atoms with E-state index in [4.69, 9.17) is 10.6 Å². The normalized spacial score (nSPS) is 20.6. The largest absolute Gasteiger partial charge is 0.398 e. The Morgan fingerprint density at radius 2 is 2.34 bits per heavy atom. The van der Waals surface area contributed by atoms with E-state index in [0.717, 1.165) is 16.9 Å². The van der Waals surface area contributed by atoms with Gasteiger partial charge in [0.2, 0.25) is 5.12 Å². The fourth-order valence-corrected chi connectivity index (χ4v) is 6.20. The van der Waals surface area contributed by atoms with Crippen molar-refractivity contribution in [1.29, 1.82) is 0 Å². The minimum absolute atomic E-state index is 0.0988. The molecule has 2 aromatic rings. The van der Waals surface area contributed by atoms with E-state index in [1.165, 1.54) is 35.5 Å². The molecule has 0 aliphatic carbocycles. The van der Waals surface area contributed by atoms with Crippen molar-refractivity contribution >= 4 is 75.3 Å². The van der Waals surface area contributed by atoms with Crippen LogP contribution < -0.4 is 11.1 Å². The number of thiazole rings is 1. The number of oxime groups is 1. The standard InChI is InChI=1S/C16H16N8O4S4/c1-28-22-9(7-5-32-16(17)19-7)12(25)20-10-13(26)24-11(15(27)29)6(4-31-14(10)24)3-30-8-2-18-23-21-8/h2,5,10,14H,3-4H2,1H3,(H2,17,19)(H,20,25)(H,27,29)(H,18,21,23)/b22-9-/t10-,14-/m1/s1. The number of thiol groups is 1. The van der Waals surface area contributed by atoms with Crippen LogP contribution in [0.15, 0.2) is 33.0 Å². The molecule has 2 aliphatic heterocycles. The van der Waals surface area contributed by atoms with Gasteiger partial charge < -0.3 is 15.9 Å². The molecule has 2 atom stereocenters. The topological polar surface area (TPSA) is 169 Å². The average Bonchev–Trinajstić information content (AvgIpc) is 3.45. The second-order valence-corrected chi connectivity index (χ2v) is 9.81. The summed E-state index contributed by atoms with van der Waals surface area (Å²) in [6.07, 6.45) is 1.57. The number of H-pyrrole nitrogens is 1. The quantitative estimate of drug-likeness (QED) is 0.125. The zero-order chi connectivity index (χ0) is 22.8. The molecule has 2 aromatic heterocycles. The van der Waals surface area contributed by atoms with Crippen LogP contribution in [0.5, 0.6) is 0 Å². The molecule has 2 aliphatic rings. The second-order valence-electron chi connectivity index (χ2n) is 6.41. The molecule has 2 amide bonds. The van der Waals surface area contributed by atoms with E-state index in [-0.39, 0.29) is 22.2 Å². The minimum atomic E-state index is -0.835. The fourth-order valence-electron chi connectivity index (χ4n) is 3.12. The SMILES string of the molecule is CO/N=C(\C(=O)N[C@@H]1C(=O)N2C(C(=O)S)=C(CSc3cn[nH]n3)CS[C@H]12)c1csc(N)n1. The summed E-state index contributed by atoms with van der Waals surface area (Å²) in [5, 5.41) is 18.2. The highest BCUT2D eigenvalue weighted by atomic mass is 32.2. The van der Waals surface area contributed by atoms with Gasteiger partial charge in [-0.05, 0) is 5.57 Å². The Labute approximate surface area is 199 Å². The van der Waals surface area contributed by atoms with Crippen molar-refractivity contribution in [3.63, 3.8) is 0 Å². The van der Waals surface area contributed by atoms with Gasteiger partial charge in [0.25, 0.3) is 11.8 Å². The Morgan fingerprint density at radius 1 is 1.53 bits per heavy atom. The molecule has 4 rings (SSSR count). The molecule has 168 valence electrons. The number of nitrogens with two attached hydrogens (primary N) is 1. The number of amides is 2. The molecule has 0 unspecified atom stereocenters. The average molecular weight is 513 g/mol. The van der Waals surface area contributed by atoms with Crippen LogP contribution in [0.25, 0.3) is 0 Å². The summed E-state index contributed by atoms with van der Waals surface area (Å²) in [5.41, 5.74) is 6.77. The molecule has 1 saturated heterocycles. The van der Waals surface area contributed by atoms with E-state index in [1.54, 1.807) is 11.6 Å². The molecule has 0 saturated carbocycles. The lowest BCUT2D eigenvalue weighted by atomic mass is 10.0. The third-order valence-corrected chi connectivity index (χ3v) is 7.70. The van der Waals surface area contributed by atoms with Crippen LogP contribution in [0.2, 0.25) is 0 Å². The fraction of sp³-hybridized carbons (Fsp3) is 0.312. The number of rotatable bonds is 8. The monoisotopic (exact) mass is 512 g/mol. The van der Waals surface area contributed by atoms with Gasteiger partial charge in [0, 0.05) is 16.9 Å². The van der Waals surface area contributed by atoms with Gasteiger partial charge in [-0.3, -0.25) is 19.3 Å². The van der Waals surface area contributed by atoms with Crippen LogP contribution in [0.4, 0.5) is 5.13 Å². The van der Waals surface area contributed by atoms with Crippen LogP contribution in [0, 0.1) is 0 Å². The lowest BCUT2D eigenvalue weighted by Gasteiger charge is -2.49. The van der Waals surface area contributed by atoms with Crippen LogP contribution in [-0.4, -0.2) is 78.0 Å². The number of nitrogens with one attached hydrogen (secondary N) is 2. The molecule has 32 heavy (non-hydrogen) atoms. The highest BCUT2D eigenvalue weighted by molar-refractivity contribution is 8.01. The van der Waals surface area contributed by atoms with Gasteiger partial charge in [0.1, 0.15) is 34.9 Å². The number of aromatic amines is 1. The van der Waals surface area contributed by atoms with E-state index in [0.29, 0.717) is 16.5 Å². The summed E-state index contributed by atoms with van der Waals surface area (Å²) in [6, 6.07) is -0.835. The molecular formula is C16H16N8O4S4. The number of carbonyl (C=O) groups is 3. The van der Waals surface area contributed by atoms with Crippen molar-refractivity contribution < 1.29 is 19.2 Å². The van der Waals surface area contributed by atoms with Gasteiger partial charge in [0.15, 0.2) is 10.8 Å². The molecule has 4 heterocycles. The van der Waals surface area contributed by atoms with Gasteiger partial charge >= 0.3 is 0 Å². The number of hydrogen-bond donors (Lipinski definition) is 4. The molecule has 1 fully saturated rings. The zero-order valence-electron chi connectivity index (χ0n) is 16.3. The summed E-state index contributed by atoms with van der Waals surface area (Å²) in [4.78, 5) is 48.1. The maximum absolute atomic E-state index is 12.9. The summed E-state index contributed by atoms with van der Waals surface area (Å²) >= 11 is 7.95. The number of β-lactam (4-membered cyclic amide) rings is 1. The predicted molar refractivity (Wildman–Crippen MR) is 123 cm³/mol. The van der Waals surface area contributed by atoms with E-state index >= 15 is 0 Å². The van der Waals surface area contributed by atoms with Crippen molar-refractivity contribution in [3.05, 3.63) is 28.5 Å². The number of carbonyl (C=O) groups excluding carboxylic acids is 3. The Hall–Kier alpha value is -2.56. The maximum Gasteiger partial charge on any atom is 0.276 e. The third kappa shape index (κ3) is 4.35. The molecular weight excluding hydrogens is 496 g/mol. The first-order chi connectivity index (χ1) is 15.4. The summed E-state index contributed by atoms with van der Waals surface area (Å²) in [6.45, 7) is 0. The lowest BCUT2D eigenvalue weighted by Crippen LogP contribution is -2.71. The minimum Gasteiger partial charge on any atom is -0.398 e. The van der Waals surface area contributed by atoms with E-state index in [1.807, 2.05) is 0 Å². The first kappa shape index (κ1) is 22.6. The van der Waals surface area contributed by atoms with E-state index in [9.17, 15) is 14.4 Å². The number of thioether (sulfide) groups is 2. The van der Waals surface area contributed by atoms with Gasteiger partial charge in [-0.2, -0.15) is 10.3 Å². The third-order valence-electron chi connectivity index (χ3n) is 4.49. The molecule has 4 N–H and O–H groups in total. The first-order valence-electron chi connectivity index (χ1n) is 8.92. The number of anilines is 1. The molecule has 12 nitrogen and oxygen atoms in total. The van der Waals surface area contributed by atoms with Gasteiger partial charge in [-0.1, -0.05) is 29.5 Å². The van der Waals surface area contributed by atoms with Crippen LogP contribution >= 0.6 is 47.5 Å². The van der Waals surface area contributed by atoms with E-state index in [2.05, 4.69) is 43.5 Å². The number of aromatic nitrogens is 4. The van der Waals surface area contributed by atoms with Crippen molar-refractivity contribution in [2.75, 3.05) is 24.3 Å². The Morgan fingerprint density at radius 3 is 2.97 bits per heavy atom. The second kappa shape index (κ2) is 9.51. The van der Waals surface area contributed by atoms with Crippen molar-refractivity contribution in [3.8, 4) is 0 Å². The summed E-state index contributed by atoms with van der Waals surface area (Å²) in [7, 11) is 1.30. The van der Waals surface area contributed by atoms with E-state index < -0.39 is 28.3 Å². The van der Waals surface area contributed by atoms with Crippen LogP contribution in [0.3, 0.4) is 0 Å².